The maximum atomic E-state index is 11.6. The van der Waals surface area contributed by atoms with Crippen molar-refractivity contribution < 1.29 is 15.0 Å². The number of carboxylic acid groups (broad SMARTS) is 1. The molecule has 0 spiro atoms. The summed E-state index contributed by atoms with van der Waals surface area (Å²) in [6.07, 6.45) is -0.607. The average molecular weight is 289 g/mol. The normalized spacial score (nSPS) is 20.4. The molecule has 2 heterocycles. The predicted octanol–water partition coefficient (Wildman–Crippen LogP) is 2.42. The highest BCUT2D eigenvalue weighted by molar-refractivity contribution is 7.10. The summed E-state index contributed by atoms with van der Waals surface area (Å²) in [7, 11) is 0. The number of aliphatic hydroxyl groups excluding tert-OH is 1. The number of rotatable bonds is 3. The van der Waals surface area contributed by atoms with Crippen molar-refractivity contribution >= 4 is 17.3 Å². The Labute approximate surface area is 120 Å². The molecule has 2 atom stereocenters. The molecule has 2 unspecified atom stereocenters. The van der Waals surface area contributed by atoms with Crippen LogP contribution in [0, 0.1) is 0 Å². The second-order valence-electron chi connectivity index (χ2n) is 4.91. The number of fused-ring (bicyclic) bond motifs is 1. The average Bonchev–Trinajstić information content (AvgIpc) is 2.88. The first kappa shape index (κ1) is 13.3. The van der Waals surface area contributed by atoms with E-state index in [4.69, 9.17) is 0 Å². The van der Waals surface area contributed by atoms with Gasteiger partial charge in [-0.15, -0.1) is 11.3 Å². The minimum Gasteiger partial charge on any atom is -0.480 e. The summed E-state index contributed by atoms with van der Waals surface area (Å²) >= 11 is 1.53. The third-order valence-corrected chi connectivity index (χ3v) is 4.64. The fraction of sp³-hybridized carbons (Fsp3) is 0.267. The van der Waals surface area contributed by atoms with E-state index in [2.05, 4.69) is 0 Å². The van der Waals surface area contributed by atoms with E-state index in [-0.39, 0.29) is 0 Å². The van der Waals surface area contributed by atoms with Crippen LogP contribution in [-0.2, 0) is 11.3 Å². The minimum atomic E-state index is -0.887. The van der Waals surface area contributed by atoms with Crippen LogP contribution in [0.3, 0.4) is 0 Å². The molecular weight excluding hydrogens is 274 g/mol. The fourth-order valence-electron chi connectivity index (χ4n) is 2.70. The molecule has 20 heavy (non-hydrogen) atoms. The van der Waals surface area contributed by atoms with Crippen LogP contribution in [0.2, 0.25) is 0 Å². The van der Waals surface area contributed by atoms with E-state index in [9.17, 15) is 15.0 Å². The van der Waals surface area contributed by atoms with Crippen LogP contribution in [-0.4, -0.2) is 27.6 Å². The number of hydrogen-bond acceptors (Lipinski definition) is 4. The molecule has 2 N–H and O–H groups in total. The molecule has 5 heteroatoms. The third-order valence-electron chi connectivity index (χ3n) is 3.58. The third kappa shape index (κ3) is 2.35. The van der Waals surface area contributed by atoms with Crippen LogP contribution in [0.25, 0.3) is 0 Å². The molecule has 3 rings (SSSR count). The molecule has 1 aromatic heterocycles. The van der Waals surface area contributed by atoms with E-state index in [1.54, 1.807) is 0 Å². The van der Waals surface area contributed by atoms with E-state index in [0.29, 0.717) is 13.1 Å². The molecule has 2 aromatic rings. The summed E-state index contributed by atoms with van der Waals surface area (Å²) in [6.45, 7) is 0.904. The van der Waals surface area contributed by atoms with Gasteiger partial charge in [0.2, 0.25) is 0 Å². The van der Waals surface area contributed by atoms with Crippen molar-refractivity contribution in [1.29, 1.82) is 0 Å². The molecule has 0 saturated heterocycles. The molecule has 104 valence electrons. The lowest BCUT2D eigenvalue weighted by molar-refractivity contribution is -0.144. The maximum Gasteiger partial charge on any atom is 0.325 e. The number of carbonyl (C=O) groups is 1. The number of benzene rings is 1. The number of aliphatic carboxylic acids is 1. The lowest BCUT2D eigenvalue weighted by atomic mass is 10.0. The van der Waals surface area contributed by atoms with Crippen LogP contribution in [0.4, 0.5) is 0 Å². The first-order valence-corrected chi connectivity index (χ1v) is 7.31. The molecule has 4 nitrogen and oxygen atoms in total. The van der Waals surface area contributed by atoms with Gasteiger partial charge in [0.25, 0.3) is 0 Å². The van der Waals surface area contributed by atoms with Gasteiger partial charge in [-0.1, -0.05) is 30.3 Å². The van der Waals surface area contributed by atoms with Crippen molar-refractivity contribution in [2.45, 2.75) is 18.7 Å². The summed E-state index contributed by atoms with van der Waals surface area (Å²) in [6, 6.07) is 10.4. The Morgan fingerprint density at radius 1 is 1.30 bits per heavy atom. The van der Waals surface area contributed by atoms with Gasteiger partial charge in [0, 0.05) is 18.0 Å². The Morgan fingerprint density at radius 2 is 2.05 bits per heavy atom. The van der Waals surface area contributed by atoms with Crippen LogP contribution < -0.4 is 0 Å². The first-order chi connectivity index (χ1) is 9.66. The molecule has 0 aliphatic carbocycles. The molecule has 1 aliphatic heterocycles. The van der Waals surface area contributed by atoms with Crippen molar-refractivity contribution in [1.82, 2.24) is 4.90 Å². The Hall–Kier alpha value is -1.69. The highest BCUT2D eigenvalue weighted by Crippen LogP contribution is 2.35. The number of thiophene rings is 1. The lowest BCUT2D eigenvalue weighted by Crippen LogP contribution is -2.39. The molecule has 0 bridgehead atoms. The Bertz CT molecular complexity index is 611. The van der Waals surface area contributed by atoms with Gasteiger partial charge in [-0.3, -0.25) is 9.69 Å². The summed E-state index contributed by atoms with van der Waals surface area (Å²) in [5, 5.41) is 21.7. The number of hydrogen-bond donors (Lipinski definition) is 2. The monoisotopic (exact) mass is 289 g/mol. The zero-order valence-electron chi connectivity index (χ0n) is 10.8. The second-order valence-corrected chi connectivity index (χ2v) is 5.85. The molecule has 0 amide bonds. The fourth-order valence-corrected chi connectivity index (χ4v) is 3.59. The standard InChI is InChI=1S/C15H15NO3S/c17-12-9-16(8-11-6-7-20-14(11)12)13(15(18)19)10-4-2-1-3-5-10/h1-7,12-13,17H,8-9H2,(H,18,19). The van der Waals surface area contributed by atoms with Gasteiger partial charge in [-0.2, -0.15) is 0 Å². The minimum absolute atomic E-state index is 0.347. The van der Waals surface area contributed by atoms with Gasteiger partial charge in [-0.25, -0.2) is 0 Å². The van der Waals surface area contributed by atoms with Crippen LogP contribution in [0.15, 0.2) is 41.8 Å². The number of nitrogens with zero attached hydrogens (tertiary/aromatic N) is 1. The second kappa shape index (κ2) is 5.36. The smallest absolute Gasteiger partial charge is 0.325 e. The van der Waals surface area contributed by atoms with Gasteiger partial charge in [0.05, 0.1) is 0 Å². The van der Waals surface area contributed by atoms with E-state index in [0.717, 1.165) is 16.0 Å². The molecule has 0 fully saturated rings. The van der Waals surface area contributed by atoms with Crippen LogP contribution in [0.5, 0.6) is 0 Å². The SMILES string of the molecule is O=C(O)C(c1ccccc1)N1Cc2ccsc2C(O)C1. The maximum absolute atomic E-state index is 11.6. The van der Waals surface area contributed by atoms with Gasteiger partial charge in [0.15, 0.2) is 0 Å². The zero-order chi connectivity index (χ0) is 14.1. The van der Waals surface area contributed by atoms with E-state index in [1.165, 1.54) is 11.3 Å². The highest BCUT2D eigenvalue weighted by atomic mass is 32.1. The summed E-state index contributed by atoms with van der Waals surface area (Å²) < 4.78 is 0. The number of aliphatic hydroxyl groups is 1. The number of carboxylic acids is 1. The van der Waals surface area contributed by atoms with E-state index in [1.807, 2.05) is 46.7 Å². The predicted molar refractivity (Wildman–Crippen MR) is 76.5 cm³/mol. The topological polar surface area (TPSA) is 60.8 Å². The van der Waals surface area contributed by atoms with Crippen LogP contribution >= 0.6 is 11.3 Å². The first-order valence-electron chi connectivity index (χ1n) is 6.43. The van der Waals surface area contributed by atoms with Crippen molar-refractivity contribution in [3.05, 3.63) is 57.8 Å². The highest BCUT2D eigenvalue weighted by Gasteiger charge is 2.33. The lowest BCUT2D eigenvalue weighted by Gasteiger charge is -2.34. The molecule has 0 radical (unpaired) electrons. The van der Waals surface area contributed by atoms with Crippen molar-refractivity contribution in [2.75, 3.05) is 6.54 Å². The molecular formula is C15H15NO3S. The number of β-amino-alcohol motifs (C(OH)–C–C–N with tert-alkyl or cyclic N) is 1. The zero-order valence-corrected chi connectivity index (χ0v) is 11.6. The Morgan fingerprint density at radius 3 is 2.75 bits per heavy atom. The Kier molecular flexibility index (Phi) is 3.56. The van der Waals surface area contributed by atoms with E-state index < -0.39 is 18.1 Å². The molecule has 0 saturated carbocycles. The summed E-state index contributed by atoms with van der Waals surface area (Å²) in [5.41, 5.74) is 1.77. The van der Waals surface area contributed by atoms with Crippen LogP contribution in [0.1, 0.15) is 28.1 Å². The van der Waals surface area contributed by atoms with Gasteiger partial charge in [0.1, 0.15) is 12.1 Å². The van der Waals surface area contributed by atoms with E-state index >= 15 is 0 Å². The quantitative estimate of drug-likeness (QED) is 0.911. The largest absolute Gasteiger partial charge is 0.480 e. The van der Waals surface area contributed by atoms with Crippen molar-refractivity contribution in [3.63, 3.8) is 0 Å². The summed E-state index contributed by atoms with van der Waals surface area (Å²) in [4.78, 5) is 14.4. The van der Waals surface area contributed by atoms with Gasteiger partial charge < -0.3 is 10.2 Å². The molecule has 1 aromatic carbocycles. The summed E-state index contributed by atoms with van der Waals surface area (Å²) in [5.74, 6) is -0.887. The van der Waals surface area contributed by atoms with Crippen molar-refractivity contribution in [3.8, 4) is 0 Å². The van der Waals surface area contributed by atoms with Gasteiger partial charge in [-0.05, 0) is 22.6 Å². The molecule has 1 aliphatic rings. The van der Waals surface area contributed by atoms with Gasteiger partial charge >= 0.3 is 5.97 Å². The van der Waals surface area contributed by atoms with Crippen molar-refractivity contribution in [2.24, 2.45) is 0 Å². The Balaban J connectivity index is 1.93.